The van der Waals surface area contributed by atoms with Crippen LogP contribution < -0.4 is 10.6 Å². The van der Waals surface area contributed by atoms with Gasteiger partial charge in [0.05, 0.1) is 11.6 Å². The predicted molar refractivity (Wildman–Crippen MR) is 142 cm³/mol. The van der Waals surface area contributed by atoms with Gasteiger partial charge in [-0.25, -0.2) is 0 Å². The van der Waals surface area contributed by atoms with E-state index in [1.807, 2.05) is 68.4 Å². The number of para-hydroxylation sites is 1. The van der Waals surface area contributed by atoms with E-state index >= 15 is 0 Å². The molecule has 2 saturated heterocycles. The number of rotatable bonds is 2. The Kier molecular flexibility index (Phi) is 4.62. The van der Waals surface area contributed by atoms with Crippen LogP contribution in [0.15, 0.2) is 60.7 Å². The zero-order valence-corrected chi connectivity index (χ0v) is 21.4. The zero-order valence-electron chi connectivity index (χ0n) is 20.6. The van der Waals surface area contributed by atoms with E-state index in [1.165, 1.54) is 0 Å². The second-order valence-corrected chi connectivity index (χ2v) is 11.1. The number of aryl methyl sites for hydroxylation is 1. The fourth-order valence-corrected chi connectivity index (χ4v) is 7.82. The second-order valence-electron chi connectivity index (χ2n) is 10.7. The number of nitrogens with zero attached hydrogens (tertiary/aromatic N) is 1. The summed E-state index contributed by atoms with van der Waals surface area (Å²) < 4.78 is 0. The molecule has 0 aromatic heterocycles. The van der Waals surface area contributed by atoms with Crippen molar-refractivity contribution >= 4 is 40.6 Å². The summed E-state index contributed by atoms with van der Waals surface area (Å²) in [5.41, 5.74) is 2.28. The first-order chi connectivity index (χ1) is 17.8. The molecule has 4 aliphatic heterocycles. The van der Waals surface area contributed by atoms with Crippen LogP contribution in [0.3, 0.4) is 0 Å². The van der Waals surface area contributed by atoms with Crippen LogP contribution in [0.1, 0.15) is 45.5 Å². The van der Waals surface area contributed by atoms with Gasteiger partial charge in [0.1, 0.15) is 11.0 Å². The quantitative estimate of drug-likeness (QED) is 0.476. The lowest BCUT2D eigenvalue weighted by Crippen LogP contribution is -2.62. The third kappa shape index (κ3) is 2.53. The zero-order chi connectivity index (χ0) is 25.7. The van der Waals surface area contributed by atoms with E-state index in [-0.39, 0.29) is 23.6 Å². The van der Waals surface area contributed by atoms with Gasteiger partial charge in [0.2, 0.25) is 5.91 Å². The normalized spacial score (nSPS) is 29.4. The Labute approximate surface area is 220 Å². The van der Waals surface area contributed by atoms with E-state index in [0.717, 1.165) is 29.5 Å². The third-order valence-corrected chi connectivity index (χ3v) is 9.49. The minimum Gasteiger partial charge on any atom is -0.325 e. The van der Waals surface area contributed by atoms with E-state index in [2.05, 4.69) is 15.5 Å². The van der Waals surface area contributed by atoms with Crippen LogP contribution in [0.25, 0.3) is 0 Å². The molecule has 4 heterocycles. The lowest BCUT2D eigenvalue weighted by molar-refractivity contribution is -0.137. The fourth-order valence-electron chi connectivity index (χ4n) is 7.66. The first kappa shape index (κ1) is 22.7. The van der Waals surface area contributed by atoms with Crippen molar-refractivity contribution in [2.75, 3.05) is 17.2 Å². The maximum atomic E-state index is 14.5. The van der Waals surface area contributed by atoms with E-state index in [0.29, 0.717) is 34.1 Å². The summed E-state index contributed by atoms with van der Waals surface area (Å²) >= 11 is 6.48. The molecular formula is C30H26ClN3O3. The smallest absolute Gasteiger partial charge is 0.251 e. The molecule has 7 rings (SSSR count). The molecule has 0 bridgehead atoms. The first-order valence-corrected chi connectivity index (χ1v) is 13.1. The first-order valence-electron chi connectivity index (χ1n) is 12.7. The Morgan fingerprint density at radius 2 is 1.70 bits per heavy atom. The molecular weight excluding hydrogens is 486 g/mol. The largest absolute Gasteiger partial charge is 0.325 e. The maximum absolute atomic E-state index is 14.5. The Morgan fingerprint density at radius 1 is 0.946 bits per heavy atom. The molecule has 2 amide bonds. The van der Waals surface area contributed by atoms with Gasteiger partial charge in [-0.15, -0.1) is 0 Å². The molecule has 0 radical (unpaired) electrons. The minimum atomic E-state index is -1.44. The van der Waals surface area contributed by atoms with Crippen LogP contribution in [0.5, 0.6) is 0 Å². The molecule has 2 spiro atoms. The highest BCUT2D eigenvalue weighted by atomic mass is 35.5. The van der Waals surface area contributed by atoms with Crippen molar-refractivity contribution in [1.82, 2.24) is 4.90 Å². The number of nitrogens with one attached hydrogen (secondary N) is 2. The monoisotopic (exact) mass is 511 g/mol. The van der Waals surface area contributed by atoms with Crippen molar-refractivity contribution in [3.05, 3.63) is 93.5 Å². The summed E-state index contributed by atoms with van der Waals surface area (Å²) in [6.07, 6.45) is 1.58. The number of benzene rings is 3. The molecule has 0 aliphatic carbocycles. The van der Waals surface area contributed by atoms with Gasteiger partial charge in [0.15, 0.2) is 5.78 Å². The molecule has 2 N–H and O–H groups in total. The highest BCUT2D eigenvalue weighted by molar-refractivity contribution is 6.32. The molecule has 0 unspecified atom stereocenters. The van der Waals surface area contributed by atoms with Gasteiger partial charge in [0.25, 0.3) is 5.91 Å². The van der Waals surface area contributed by atoms with Crippen LogP contribution in [-0.2, 0) is 20.5 Å². The number of hydrogen-bond acceptors (Lipinski definition) is 4. The Bertz CT molecular complexity index is 1530. The van der Waals surface area contributed by atoms with Gasteiger partial charge in [-0.3, -0.25) is 19.3 Å². The lowest BCUT2D eigenvalue weighted by Gasteiger charge is -2.43. The van der Waals surface area contributed by atoms with E-state index in [4.69, 9.17) is 11.6 Å². The van der Waals surface area contributed by atoms with Gasteiger partial charge in [0, 0.05) is 27.9 Å². The van der Waals surface area contributed by atoms with Crippen LogP contribution in [0.4, 0.5) is 11.4 Å². The van der Waals surface area contributed by atoms with Crippen LogP contribution >= 0.6 is 11.6 Å². The van der Waals surface area contributed by atoms with Crippen molar-refractivity contribution < 1.29 is 14.4 Å². The summed E-state index contributed by atoms with van der Waals surface area (Å²) in [5, 5.41) is 6.72. The highest BCUT2D eigenvalue weighted by Crippen LogP contribution is 2.68. The number of amides is 2. The van der Waals surface area contributed by atoms with Crippen molar-refractivity contribution in [3.8, 4) is 0 Å². The summed E-state index contributed by atoms with van der Waals surface area (Å²) in [4.78, 5) is 45.6. The van der Waals surface area contributed by atoms with Gasteiger partial charge >= 0.3 is 0 Å². The summed E-state index contributed by atoms with van der Waals surface area (Å²) in [6, 6.07) is 18.4. The molecule has 3 aromatic rings. The number of carbonyl (C=O) groups is 3. The number of fused-ring (bicyclic) bond motifs is 7. The molecule has 4 aliphatic rings. The summed E-state index contributed by atoms with van der Waals surface area (Å²) in [5.74, 6) is -1.42. The maximum Gasteiger partial charge on any atom is 0.251 e. The van der Waals surface area contributed by atoms with Crippen molar-refractivity contribution in [2.24, 2.45) is 5.92 Å². The summed E-state index contributed by atoms with van der Waals surface area (Å²) in [6.45, 7) is 4.47. The lowest BCUT2D eigenvalue weighted by atomic mass is 9.57. The molecule has 37 heavy (non-hydrogen) atoms. The average molecular weight is 512 g/mol. The molecule has 4 atom stereocenters. The highest BCUT2D eigenvalue weighted by Gasteiger charge is 2.81. The van der Waals surface area contributed by atoms with Gasteiger partial charge in [-0.1, -0.05) is 65.7 Å². The topological polar surface area (TPSA) is 78.5 Å². The molecule has 2 fully saturated rings. The van der Waals surface area contributed by atoms with E-state index in [9.17, 15) is 14.4 Å². The minimum absolute atomic E-state index is 0.104. The second kappa shape index (κ2) is 7.53. The van der Waals surface area contributed by atoms with Crippen molar-refractivity contribution in [1.29, 1.82) is 0 Å². The van der Waals surface area contributed by atoms with E-state index in [1.54, 1.807) is 6.07 Å². The predicted octanol–water partition coefficient (Wildman–Crippen LogP) is 4.97. The molecule has 3 aromatic carbocycles. The fraction of sp³-hybridized carbons (Fsp3) is 0.300. The molecule has 186 valence electrons. The van der Waals surface area contributed by atoms with Gasteiger partial charge < -0.3 is 10.6 Å². The molecule has 7 heteroatoms. The van der Waals surface area contributed by atoms with E-state index < -0.39 is 16.9 Å². The van der Waals surface area contributed by atoms with Gasteiger partial charge in [-0.2, -0.15) is 0 Å². The Hall–Kier alpha value is -3.48. The number of hydrogen-bond donors (Lipinski definition) is 2. The molecule has 6 nitrogen and oxygen atoms in total. The standard InChI is InChI=1S/C30H26ClN3O3/c1-16-9-11-18(12-10-16)26(35)24-23-8-5-15-34(23)30(20-13-14-21(31)17(2)25(20)33-28(30)37)29(24)19-6-3-4-7-22(19)32-27(29)36/h3-4,6-7,9-14,23-24H,5,8,15H2,1-2H3,(H,32,36)(H,33,37)/t23-,24-,29+,30+/m0/s1. The van der Waals surface area contributed by atoms with Crippen molar-refractivity contribution in [2.45, 2.75) is 43.7 Å². The third-order valence-electron chi connectivity index (χ3n) is 9.08. The number of ketones is 1. The Balaban J connectivity index is 1.59. The molecule has 0 saturated carbocycles. The SMILES string of the molecule is Cc1ccc(C(=O)[C@@H]2[C@@H]3CCCN3[C@]3(C(=O)Nc4c3ccc(Cl)c4C)[C@@]23C(=O)Nc2ccccc23)cc1. The van der Waals surface area contributed by atoms with Gasteiger partial charge in [-0.05, 0) is 56.5 Å². The number of halogens is 1. The number of carbonyl (C=O) groups excluding carboxylic acids is 3. The van der Waals surface area contributed by atoms with Crippen molar-refractivity contribution in [3.63, 3.8) is 0 Å². The Morgan fingerprint density at radius 3 is 2.49 bits per heavy atom. The average Bonchev–Trinajstić information content (AvgIpc) is 3.61. The number of Topliss-reactive ketones (excluding diaryl/α,β-unsaturated/α-hetero) is 1. The summed E-state index contributed by atoms with van der Waals surface area (Å²) in [7, 11) is 0. The van der Waals surface area contributed by atoms with Crippen LogP contribution in [-0.4, -0.2) is 35.1 Å². The van der Waals surface area contributed by atoms with Crippen LogP contribution in [0, 0.1) is 19.8 Å². The van der Waals surface area contributed by atoms with Crippen LogP contribution in [0.2, 0.25) is 5.02 Å². The number of anilines is 2.